The van der Waals surface area contributed by atoms with Crippen molar-refractivity contribution >= 4 is 3.21 Å². The van der Waals surface area contributed by atoms with Crippen LogP contribution in [0, 0.1) is 6.07 Å². The zero-order chi connectivity index (χ0) is 24.8. The van der Waals surface area contributed by atoms with Crippen molar-refractivity contribution in [3.05, 3.63) is 89.0 Å². The first-order valence-electron chi connectivity index (χ1n) is 13.0. The van der Waals surface area contributed by atoms with Crippen molar-refractivity contribution in [2.75, 3.05) is 0 Å². The number of rotatable bonds is 0. The van der Waals surface area contributed by atoms with E-state index in [0.717, 1.165) is 6.42 Å². The fourth-order valence-electron chi connectivity index (χ4n) is 4.46. The molecule has 0 bridgehead atoms. The Bertz CT molecular complexity index is 977. The molecule has 0 N–H and O–H groups in total. The molecule has 1 fully saturated rings. The van der Waals surface area contributed by atoms with Crippen molar-refractivity contribution in [1.82, 2.24) is 0 Å². The molecule has 5 rings (SSSR count). The van der Waals surface area contributed by atoms with Crippen molar-refractivity contribution in [1.29, 1.82) is 0 Å². The van der Waals surface area contributed by atoms with Crippen LogP contribution in [0.25, 0.3) is 11.1 Å². The summed E-state index contributed by atoms with van der Waals surface area (Å²) < 4.78 is 1.81. The van der Waals surface area contributed by atoms with Gasteiger partial charge in [0.05, 0.1) is 0 Å². The maximum absolute atomic E-state index is 3.53. The van der Waals surface area contributed by atoms with E-state index in [1.54, 1.807) is 24.2 Å². The first kappa shape index (κ1) is 33.5. The summed E-state index contributed by atoms with van der Waals surface area (Å²) in [5.74, 6) is 0. The van der Waals surface area contributed by atoms with Gasteiger partial charge in [0.1, 0.15) is 0 Å². The first-order chi connectivity index (χ1) is 16.1. The molecule has 0 nitrogen and oxygen atoms in total. The molecule has 0 spiro atoms. The average Bonchev–Trinajstić information content (AvgIpc) is 3.41. The van der Waals surface area contributed by atoms with Crippen LogP contribution in [0.4, 0.5) is 0 Å². The Balaban J connectivity index is 0.000000356. The summed E-state index contributed by atoms with van der Waals surface area (Å²) in [6.07, 6.45) is 9.83. The number of hydrogen-bond donors (Lipinski definition) is 0. The zero-order valence-electron chi connectivity index (χ0n) is 23.0. The second kappa shape index (κ2) is 15.2. The van der Waals surface area contributed by atoms with E-state index in [9.17, 15) is 0 Å². The normalized spacial score (nSPS) is 14.4. The fraction of sp³-hybridized carbons (Fsp3) is 0.455. The molecular weight excluding hydrogens is 647 g/mol. The minimum Gasteiger partial charge on any atom is -0.214 e. The molecule has 0 amide bonds. The minimum atomic E-state index is 0. The summed E-state index contributed by atoms with van der Waals surface area (Å²) in [6.45, 7) is 13.6. The number of fused-ring (bicyclic) bond motifs is 3. The molecular formula is C33H42Br2Zr-2. The molecule has 3 aromatic rings. The van der Waals surface area contributed by atoms with Gasteiger partial charge in [-0.3, -0.25) is 0 Å². The van der Waals surface area contributed by atoms with E-state index < -0.39 is 0 Å². The van der Waals surface area contributed by atoms with Gasteiger partial charge in [0.25, 0.3) is 0 Å². The predicted molar refractivity (Wildman–Crippen MR) is 146 cm³/mol. The Hall–Kier alpha value is -0.497. The third-order valence-electron chi connectivity index (χ3n) is 6.79. The summed E-state index contributed by atoms with van der Waals surface area (Å²) in [5, 5.41) is 0. The maximum atomic E-state index is 3.53. The standard InChI is InChI=1S/C21H25.C7H12.C5H5.2BrH.Zr/c1-20(2,3)16-9-7-14-11-15-8-10-17(21(4,5)6)13-19(15)18(14)12-16;1-2-4-6-7-5-3-1;1-2-4-5-3-1;;;/h7,9-10,12-13H,11H2,1-6H3;1-6H2;1-5H;2*1H;/q-1;;-1;;;+2/p-2. The molecule has 0 aromatic heterocycles. The van der Waals surface area contributed by atoms with E-state index in [1.807, 2.05) is 33.5 Å². The summed E-state index contributed by atoms with van der Waals surface area (Å²) >= 11 is 1.69. The van der Waals surface area contributed by atoms with Crippen molar-refractivity contribution < 1.29 is 58.2 Å². The molecule has 1 saturated carbocycles. The Morgan fingerprint density at radius 3 is 1.81 bits per heavy atom. The molecule has 2 aliphatic rings. The van der Waals surface area contributed by atoms with E-state index in [2.05, 4.69) is 77.9 Å². The monoisotopic (exact) mass is 686 g/mol. The molecule has 36 heavy (non-hydrogen) atoms. The van der Waals surface area contributed by atoms with Crippen molar-refractivity contribution in [2.45, 2.75) is 97.3 Å². The van der Waals surface area contributed by atoms with E-state index in [1.165, 1.54) is 71.9 Å². The van der Waals surface area contributed by atoms with Gasteiger partial charge in [-0.25, -0.2) is 12.1 Å². The second-order valence-electron chi connectivity index (χ2n) is 11.8. The summed E-state index contributed by atoms with van der Waals surface area (Å²) in [4.78, 5) is 0. The Labute approximate surface area is 256 Å². The Kier molecular flexibility index (Phi) is 14.1. The third-order valence-corrected chi connectivity index (χ3v) is 8.02. The van der Waals surface area contributed by atoms with Gasteiger partial charge in [0.15, 0.2) is 0 Å². The smallest absolute Gasteiger partial charge is 0.172 e. The molecule has 0 radical (unpaired) electrons. The van der Waals surface area contributed by atoms with Gasteiger partial charge < -0.3 is 34.0 Å². The Morgan fingerprint density at radius 1 is 0.750 bits per heavy atom. The maximum Gasteiger partial charge on any atom is -0.172 e. The molecule has 0 unspecified atom stereocenters. The summed E-state index contributed by atoms with van der Waals surface area (Å²) in [7, 11) is 0. The van der Waals surface area contributed by atoms with E-state index in [-0.39, 0.29) is 44.8 Å². The number of benzene rings is 2. The van der Waals surface area contributed by atoms with Gasteiger partial charge in [-0.2, -0.15) is 47.5 Å². The van der Waals surface area contributed by atoms with Crippen LogP contribution in [-0.4, -0.2) is 3.21 Å². The topological polar surface area (TPSA) is 0 Å². The molecule has 0 aliphatic heterocycles. The molecule has 2 aliphatic carbocycles. The van der Waals surface area contributed by atoms with Crippen LogP contribution in [0.5, 0.6) is 0 Å². The SMILES string of the molecule is CC(C)(C)c1c[c-]c2c(c1)-c1cc(C(C)(C)C)ccc1C2.[Br-].[Br-].[Zr+2]=[C]1CCCCCC1.c1cc[cH-]c1. The van der Waals surface area contributed by atoms with Gasteiger partial charge in [0, 0.05) is 0 Å². The second-order valence-corrected chi connectivity index (χ2v) is 13.5. The number of hydrogen-bond acceptors (Lipinski definition) is 0. The van der Waals surface area contributed by atoms with Crippen LogP contribution in [0.2, 0.25) is 0 Å². The zero-order valence-corrected chi connectivity index (χ0v) is 28.6. The van der Waals surface area contributed by atoms with E-state index >= 15 is 0 Å². The number of halogens is 2. The van der Waals surface area contributed by atoms with Crippen molar-refractivity contribution in [3.63, 3.8) is 0 Å². The molecule has 0 atom stereocenters. The average molecular weight is 690 g/mol. The van der Waals surface area contributed by atoms with Crippen molar-refractivity contribution in [2.24, 2.45) is 0 Å². The van der Waals surface area contributed by atoms with Crippen LogP contribution in [0.15, 0.2) is 60.7 Å². The first-order valence-corrected chi connectivity index (χ1v) is 14.2. The van der Waals surface area contributed by atoms with Gasteiger partial charge >= 0.3 is 66.0 Å². The summed E-state index contributed by atoms with van der Waals surface area (Å²) in [5.41, 5.74) is 8.76. The predicted octanol–water partition coefficient (Wildman–Crippen LogP) is 3.13. The van der Waals surface area contributed by atoms with Crippen LogP contribution >= 0.6 is 0 Å². The molecule has 3 aromatic carbocycles. The van der Waals surface area contributed by atoms with Gasteiger partial charge in [-0.15, -0.1) is 5.56 Å². The quantitative estimate of drug-likeness (QED) is 0.197. The minimum absolute atomic E-state index is 0. The van der Waals surface area contributed by atoms with Gasteiger partial charge in [-0.1, -0.05) is 76.3 Å². The van der Waals surface area contributed by atoms with Crippen LogP contribution < -0.4 is 34.0 Å². The van der Waals surface area contributed by atoms with Gasteiger partial charge in [0.2, 0.25) is 0 Å². The van der Waals surface area contributed by atoms with E-state index in [0.29, 0.717) is 0 Å². The fourth-order valence-corrected chi connectivity index (χ4v) is 5.33. The van der Waals surface area contributed by atoms with Crippen molar-refractivity contribution in [3.8, 4) is 11.1 Å². The largest absolute Gasteiger partial charge is 0.214 e. The molecule has 0 heterocycles. The van der Waals surface area contributed by atoms with Gasteiger partial charge in [-0.05, 0) is 17.4 Å². The van der Waals surface area contributed by atoms with Crippen LogP contribution in [0.1, 0.15) is 102 Å². The van der Waals surface area contributed by atoms with Crippen LogP contribution in [-0.2, 0) is 41.5 Å². The van der Waals surface area contributed by atoms with E-state index in [4.69, 9.17) is 0 Å². The summed E-state index contributed by atoms with van der Waals surface area (Å²) in [6, 6.07) is 25.1. The third kappa shape index (κ3) is 10.00. The Morgan fingerprint density at radius 2 is 1.31 bits per heavy atom. The molecule has 0 saturated heterocycles. The van der Waals surface area contributed by atoms with Crippen LogP contribution in [0.3, 0.4) is 0 Å². The molecule has 3 heteroatoms. The molecule has 194 valence electrons.